The largest absolute Gasteiger partial charge is 0.489 e. The minimum atomic E-state index is -0.161. The van der Waals surface area contributed by atoms with Gasteiger partial charge in [-0.3, -0.25) is 4.79 Å². The third-order valence-electron chi connectivity index (χ3n) is 1.11. The Balaban J connectivity index is 2.71. The summed E-state index contributed by atoms with van der Waals surface area (Å²) in [6.45, 7) is 3.91. The number of aromatic nitrogens is 1. The summed E-state index contributed by atoms with van der Waals surface area (Å²) in [4.78, 5) is 13.2. The summed E-state index contributed by atoms with van der Waals surface area (Å²) in [5, 5.41) is 0. The Morgan fingerprint density at radius 2 is 2.55 bits per heavy atom. The summed E-state index contributed by atoms with van der Waals surface area (Å²) in [5.74, 6) is 0.564. The number of pyridine rings is 1. The average Bonchev–Trinajstić information content (AvgIpc) is 2.01. The van der Waals surface area contributed by atoms with Crippen LogP contribution < -0.4 is 10.3 Å². The highest BCUT2D eigenvalue weighted by molar-refractivity contribution is 5.17. The molecule has 11 heavy (non-hydrogen) atoms. The van der Waals surface area contributed by atoms with Crippen molar-refractivity contribution in [3.8, 4) is 5.75 Å². The zero-order valence-corrected chi connectivity index (χ0v) is 6.04. The van der Waals surface area contributed by atoms with Crippen molar-refractivity contribution in [2.75, 3.05) is 6.61 Å². The molecule has 0 atom stereocenters. The Morgan fingerprint density at radius 3 is 3.18 bits per heavy atom. The second-order valence-electron chi connectivity index (χ2n) is 1.99. The van der Waals surface area contributed by atoms with E-state index < -0.39 is 0 Å². The van der Waals surface area contributed by atoms with Gasteiger partial charge in [0, 0.05) is 12.3 Å². The molecule has 58 valence electrons. The lowest BCUT2D eigenvalue weighted by atomic mass is 10.4. The summed E-state index contributed by atoms with van der Waals surface area (Å²) in [5.41, 5.74) is -0.161. The van der Waals surface area contributed by atoms with E-state index in [9.17, 15) is 4.79 Å². The van der Waals surface area contributed by atoms with E-state index in [4.69, 9.17) is 4.74 Å². The molecule has 0 radical (unpaired) electrons. The van der Waals surface area contributed by atoms with Crippen LogP contribution in [0.25, 0.3) is 0 Å². The molecule has 0 saturated heterocycles. The molecule has 1 aromatic rings. The third kappa shape index (κ3) is 2.29. The lowest BCUT2D eigenvalue weighted by Crippen LogP contribution is -2.03. The van der Waals surface area contributed by atoms with Gasteiger partial charge in [0.2, 0.25) is 0 Å². The van der Waals surface area contributed by atoms with Gasteiger partial charge < -0.3 is 9.72 Å². The van der Waals surface area contributed by atoms with Gasteiger partial charge >= 0.3 is 0 Å². The maximum Gasteiger partial charge on any atom is 0.251 e. The molecule has 0 spiro atoms. The van der Waals surface area contributed by atoms with E-state index in [0.717, 1.165) is 0 Å². The molecule has 0 fully saturated rings. The molecule has 0 aromatic carbocycles. The van der Waals surface area contributed by atoms with Crippen LogP contribution in [-0.4, -0.2) is 11.6 Å². The minimum Gasteiger partial charge on any atom is -0.489 e. The maximum atomic E-state index is 10.7. The molecular weight excluding hydrogens is 142 g/mol. The number of H-pyrrole nitrogens is 1. The van der Waals surface area contributed by atoms with Crippen LogP contribution in [0.5, 0.6) is 5.75 Å². The molecule has 1 aromatic heterocycles. The Bertz CT molecular complexity index is 290. The van der Waals surface area contributed by atoms with Crippen LogP contribution >= 0.6 is 0 Å². The molecule has 0 bridgehead atoms. The number of rotatable bonds is 3. The number of nitrogens with one attached hydrogen (secondary N) is 1. The van der Waals surface area contributed by atoms with Gasteiger partial charge in [-0.2, -0.15) is 0 Å². The first-order chi connectivity index (χ1) is 5.33. The van der Waals surface area contributed by atoms with Gasteiger partial charge in [0.25, 0.3) is 5.56 Å². The molecule has 0 unspecified atom stereocenters. The fourth-order valence-electron chi connectivity index (χ4n) is 0.670. The lowest BCUT2D eigenvalue weighted by molar-refractivity contribution is 0.362. The molecule has 0 saturated carbocycles. The van der Waals surface area contributed by atoms with Crippen molar-refractivity contribution in [1.29, 1.82) is 0 Å². The molecule has 3 nitrogen and oxygen atoms in total. The van der Waals surface area contributed by atoms with Gasteiger partial charge in [-0.05, 0) is 6.07 Å². The van der Waals surface area contributed by atoms with Crippen molar-refractivity contribution in [3.63, 3.8) is 0 Å². The Hall–Kier alpha value is -1.51. The first kappa shape index (κ1) is 7.60. The van der Waals surface area contributed by atoms with E-state index in [1.807, 2.05) is 0 Å². The normalized spacial score (nSPS) is 9.09. The predicted molar refractivity (Wildman–Crippen MR) is 42.8 cm³/mol. The van der Waals surface area contributed by atoms with E-state index in [0.29, 0.717) is 12.4 Å². The molecule has 1 rings (SSSR count). The van der Waals surface area contributed by atoms with E-state index in [1.165, 1.54) is 6.07 Å². The zero-order valence-electron chi connectivity index (χ0n) is 6.04. The highest BCUT2D eigenvalue weighted by Gasteiger charge is 1.90. The zero-order chi connectivity index (χ0) is 8.10. The SMILES string of the molecule is C=CCOc1cc[nH]c(=O)c1. The van der Waals surface area contributed by atoms with Crippen molar-refractivity contribution < 1.29 is 4.74 Å². The number of hydrogen-bond donors (Lipinski definition) is 1. The van der Waals surface area contributed by atoms with E-state index in [1.54, 1.807) is 18.3 Å². The van der Waals surface area contributed by atoms with Crippen LogP contribution in [0, 0.1) is 0 Å². The lowest BCUT2D eigenvalue weighted by Gasteiger charge is -1.99. The first-order valence-corrected chi connectivity index (χ1v) is 3.25. The van der Waals surface area contributed by atoms with Crippen molar-refractivity contribution in [2.45, 2.75) is 0 Å². The van der Waals surface area contributed by atoms with Gasteiger partial charge in [-0.25, -0.2) is 0 Å². The maximum absolute atomic E-state index is 10.7. The summed E-state index contributed by atoms with van der Waals surface area (Å²) in [7, 11) is 0. The minimum absolute atomic E-state index is 0.161. The third-order valence-corrected chi connectivity index (χ3v) is 1.11. The smallest absolute Gasteiger partial charge is 0.251 e. The molecule has 1 N–H and O–H groups in total. The average molecular weight is 151 g/mol. The van der Waals surface area contributed by atoms with Gasteiger partial charge in [0.05, 0.1) is 0 Å². The second kappa shape index (κ2) is 3.61. The summed E-state index contributed by atoms with van der Waals surface area (Å²) >= 11 is 0. The highest BCUT2D eigenvalue weighted by Crippen LogP contribution is 2.03. The van der Waals surface area contributed by atoms with Crippen LogP contribution in [0.4, 0.5) is 0 Å². The summed E-state index contributed by atoms with van der Waals surface area (Å²) in [6, 6.07) is 3.08. The molecule has 0 aliphatic carbocycles. The van der Waals surface area contributed by atoms with Crippen LogP contribution in [-0.2, 0) is 0 Å². The second-order valence-corrected chi connectivity index (χ2v) is 1.99. The first-order valence-electron chi connectivity index (χ1n) is 3.25. The van der Waals surface area contributed by atoms with Crippen LogP contribution in [0.2, 0.25) is 0 Å². The molecule has 0 aliphatic rings. The predicted octanol–water partition coefficient (Wildman–Crippen LogP) is 0.940. The summed E-state index contributed by atoms with van der Waals surface area (Å²) in [6.07, 6.45) is 3.17. The van der Waals surface area contributed by atoms with Crippen LogP contribution in [0.15, 0.2) is 35.8 Å². The van der Waals surface area contributed by atoms with Crippen LogP contribution in [0.1, 0.15) is 0 Å². The standard InChI is InChI=1S/C8H9NO2/c1-2-5-11-7-3-4-9-8(10)6-7/h2-4,6H,1,5H2,(H,9,10). The van der Waals surface area contributed by atoms with E-state index in [-0.39, 0.29) is 5.56 Å². The van der Waals surface area contributed by atoms with Crippen molar-refractivity contribution in [1.82, 2.24) is 4.98 Å². The molecule has 0 amide bonds. The number of ether oxygens (including phenoxy) is 1. The Labute approximate surface area is 64.3 Å². The molecule has 0 aliphatic heterocycles. The van der Waals surface area contributed by atoms with Gasteiger partial charge in [0.15, 0.2) is 0 Å². The fraction of sp³-hybridized carbons (Fsp3) is 0.125. The molecule has 3 heteroatoms. The van der Waals surface area contributed by atoms with Gasteiger partial charge in [-0.1, -0.05) is 12.7 Å². The Kier molecular flexibility index (Phi) is 2.49. The van der Waals surface area contributed by atoms with Crippen LogP contribution in [0.3, 0.4) is 0 Å². The monoisotopic (exact) mass is 151 g/mol. The Morgan fingerprint density at radius 1 is 1.73 bits per heavy atom. The molecular formula is C8H9NO2. The fourth-order valence-corrected chi connectivity index (χ4v) is 0.670. The quantitative estimate of drug-likeness (QED) is 0.653. The van der Waals surface area contributed by atoms with E-state index >= 15 is 0 Å². The summed E-state index contributed by atoms with van der Waals surface area (Å²) < 4.78 is 5.10. The van der Waals surface area contributed by atoms with Gasteiger partial charge in [-0.15, -0.1) is 0 Å². The highest BCUT2D eigenvalue weighted by atomic mass is 16.5. The van der Waals surface area contributed by atoms with Crippen molar-refractivity contribution in [2.24, 2.45) is 0 Å². The topological polar surface area (TPSA) is 42.1 Å². The number of hydrogen-bond acceptors (Lipinski definition) is 2. The van der Waals surface area contributed by atoms with E-state index in [2.05, 4.69) is 11.6 Å². The van der Waals surface area contributed by atoms with Crippen molar-refractivity contribution >= 4 is 0 Å². The molecule has 1 heterocycles. The number of aromatic amines is 1. The van der Waals surface area contributed by atoms with Gasteiger partial charge in [0.1, 0.15) is 12.4 Å². The van der Waals surface area contributed by atoms with Crippen molar-refractivity contribution in [3.05, 3.63) is 41.3 Å².